The minimum Gasteiger partial charge on any atom is -0.384 e. The molecule has 0 aliphatic carbocycles. The topological polar surface area (TPSA) is 67.9 Å². The molecule has 0 unspecified atom stereocenters. The van der Waals surface area contributed by atoms with Crippen molar-refractivity contribution in [3.63, 3.8) is 0 Å². The minimum atomic E-state index is 0.498. The Balaban J connectivity index is 2.24. The summed E-state index contributed by atoms with van der Waals surface area (Å²) in [5, 5.41) is 0. The van der Waals surface area contributed by atoms with Crippen molar-refractivity contribution in [1.82, 2.24) is 15.0 Å². The molecule has 2 aromatic rings. The number of nitrogens with zero attached hydrogens (tertiary/aromatic N) is 4. The first kappa shape index (κ1) is 13.3. The number of pyridine rings is 1. The summed E-state index contributed by atoms with van der Waals surface area (Å²) in [5.74, 6) is 2.03. The van der Waals surface area contributed by atoms with Crippen molar-refractivity contribution in [2.75, 3.05) is 17.2 Å². The van der Waals surface area contributed by atoms with Crippen LogP contribution in [0.25, 0.3) is 0 Å². The molecule has 5 heteroatoms. The third kappa shape index (κ3) is 3.40. The first-order valence-electron chi connectivity index (χ1n) is 6.37. The van der Waals surface area contributed by atoms with Gasteiger partial charge in [0.1, 0.15) is 17.5 Å². The summed E-state index contributed by atoms with van der Waals surface area (Å²) in [5.41, 5.74) is 7.82. The highest BCUT2D eigenvalue weighted by molar-refractivity contribution is 5.47. The van der Waals surface area contributed by atoms with E-state index in [1.165, 1.54) is 0 Å². The highest BCUT2D eigenvalue weighted by Crippen LogP contribution is 2.16. The van der Waals surface area contributed by atoms with Crippen LogP contribution >= 0.6 is 0 Å². The molecule has 0 fully saturated rings. The summed E-state index contributed by atoms with van der Waals surface area (Å²) in [6.45, 7) is 7.48. The zero-order valence-electron chi connectivity index (χ0n) is 11.6. The minimum absolute atomic E-state index is 0.498. The second-order valence-electron chi connectivity index (χ2n) is 4.48. The Morgan fingerprint density at radius 2 is 1.95 bits per heavy atom. The molecule has 0 saturated carbocycles. The number of nitrogen functional groups attached to an aromatic ring is 1. The van der Waals surface area contributed by atoms with Crippen LogP contribution in [0.15, 0.2) is 24.3 Å². The molecule has 19 heavy (non-hydrogen) atoms. The van der Waals surface area contributed by atoms with E-state index >= 15 is 0 Å². The predicted molar refractivity (Wildman–Crippen MR) is 76.9 cm³/mol. The van der Waals surface area contributed by atoms with Gasteiger partial charge in [-0.25, -0.2) is 9.97 Å². The molecule has 2 rings (SSSR count). The van der Waals surface area contributed by atoms with Gasteiger partial charge in [0.25, 0.3) is 0 Å². The van der Waals surface area contributed by atoms with Gasteiger partial charge in [0, 0.05) is 18.3 Å². The van der Waals surface area contributed by atoms with Crippen LogP contribution < -0.4 is 10.6 Å². The second kappa shape index (κ2) is 5.65. The van der Waals surface area contributed by atoms with E-state index in [0.29, 0.717) is 18.2 Å². The third-order valence-electron chi connectivity index (χ3n) is 2.85. The smallest absolute Gasteiger partial charge is 0.134 e. The van der Waals surface area contributed by atoms with Crippen molar-refractivity contribution in [2.24, 2.45) is 0 Å². The van der Waals surface area contributed by atoms with Gasteiger partial charge in [0.2, 0.25) is 0 Å². The van der Waals surface area contributed by atoms with Crippen molar-refractivity contribution in [3.05, 3.63) is 41.5 Å². The molecule has 0 radical (unpaired) electrons. The van der Waals surface area contributed by atoms with Crippen LogP contribution in [-0.4, -0.2) is 21.5 Å². The van der Waals surface area contributed by atoms with E-state index in [4.69, 9.17) is 5.73 Å². The standard InChI is InChI=1S/C14H19N5/c1-4-19(9-12-7-5-6-10(2)16-12)14-8-13(15)17-11(3)18-14/h5-8H,4,9H2,1-3H3,(H2,15,17,18). The number of hydrogen-bond donors (Lipinski definition) is 1. The van der Waals surface area contributed by atoms with E-state index in [2.05, 4.69) is 26.8 Å². The van der Waals surface area contributed by atoms with Crippen LogP contribution in [0, 0.1) is 13.8 Å². The molecule has 0 atom stereocenters. The summed E-state index contributed by atoms with van der Waals surface area (Å²) in [7, 11) is 0. The molecular formula is C14H19N5. The van der Waals surface area contributed by atoms with Gasteiger partial charge < -0.3 is 10.6 Å². The number of aryl methyl sites for hydroxylation is 2. The molecule has 0 aliphatic heterocycles. The number of hydrogen-bond acceptors (Lipinski definition) is 5. The molecule has 0 bridgehead atoms. The fraction of sp³-hybridized carbons (Fsp3) is 0.357. The number of anilines is 2. The van der Waals surface area contributed by atoms with Crippen LogP contribution in [0.1, 0.15) is 24.1 Å². The molecule has 2 N–H and O–H groups in total. The van der Waals surface area contributed by atoms with Crippen molar-refractivity contribution in [2.45, 2.75) is 27.3 Å². The second-order valence-corrected chi connectivity index (χ2v) is 4.48. The van der Waals surface area contributed by atoms with Crippen LogP contribution in [0.5, 0.6) is 0 Å². The Labute approximate surface area is 113 Å². The summed E-state index contributed by atoms with van der Waals surface area (Å²) in [6, 6.07) is 7.83. The van der Waals surface area contributed by atoms with Crippen LogP contribution in [-0.2, 0) is 6.54 Å². The quantitative estimate of drug-likeness (QED) is 0.908. The monoisotopic (exact) mass is 257 g/mol. The molecule has 2 heterocycles. The van der Waals surface area contributed by atoms with Gasteiger partial charge >= 0.3 is 0 Å². The first-order valence-corrected chi connectivity index (χ1v) is 6.37. The van der Waals surface area contributed by atoms with E-state index < -0.39 is 0 Å². The highest BCUT2D eigenvalue weighted by Gasteiger charge is 2.09. The summed E-state index contributed by atoms with van der Waals surface area (Å²) in [6.07, 6.45) is 0. The molecule has 2 aromatic heterocycles. The highest BCUT2D eigenvalue weighted by atomic mass is 15.2. The SMILES string of the molecule is CCN(Cc1cccc(C)n1)c1cc(N)nc(C)n1. The zero-order chi connectivity index (χ0) is 13.8. The lowest BCUT2D eigenvalue weighted by Gasteiger charge is -2.22. The van der Waals surface area contributed by atoms with Gasteiger partial charge in [-0.3, -0.25) is 4.98 Å². The Morgan fingerprint density at radius 3 is 2.58 bits per heavy atom. The maximum atomic E-state index is 5.78. The van der Waals surface area contributed by atoms with E-state index in [0.717, 1.165) is 23.8 Å². The van der Waals surface area contributed by atoms with Crippen LogP contribution in [0.2, 0.25) is 0 Å². The normalized spacial score (nSPS) is 10.5. The number of aromatic nitrogens is 3. The summed E-state index contributed by atoms with van der Waals surface area (Å²) < 4.78 is 0. The Bertz CT molecular complexity index is 547. The molecule has 0 aromatic carbocycles. The molecular weight excluding hydrogens is 238 g/mol. The lowest BCUT2D eigenvalue weighted by molar-refractivity contribution is 0.784. The lowest BCUT2D eigenvalue weighted by atomic mass is 10.3. The molecule has 100 valence electrons. The fourth-order valence-corrected chi connectivity index (χ4v) is 1.97. The predicted octanol–water partition coefficient (Wildman–Crippen LogP) is 2.10. The van der Waals surface area contributed by atoms with Gasteiger partial charge in [-0.2, -0.15) is 0 Å². The van der Waals surface area contributed by atoms with Gasteiger partial charge in [-0.1, -0.05) is 6.07 Å². The maximum Gasteiger partial charge on any atom is 0.134 e. The average Bonchev–Trinajstić information content (AvgIpc) is 2.34. The number of rotatable bonds is 4. The van der Waals surface area contributed by atoms with E-state index in [1.54, 1.807) is 6.07 Å². The maximum absolute atomic E-state index is 5.78. The van der Waals surface area contributed by atoms with E-state index in [-0.39, 0.29) is 0 Å². The lowest BCUT2D eigenvalue weighted by Crippen LogP contribution is -2.24. The Kier molecular flexibility index (Phi) is 3.94. The largest absolute Gasteiger partial charge is 0.384 e. The number of nitrogens with two attached hydrogens (primary N) is 1. The van der Waals surface area contributed by atoms with Gasteiger partial charge in [0.15, 0.2) is 0 Å². The van der Waals surface area contributed by atoms with Gasteiger partial charge in [0.05, 0.1) is 12.2 Å². The fourth-order valence-electron chi connectivity index (χ4n) is 1.97. The molecule has 0 spiro atoms. The first-order chi connectivity index (χ1) is 9.08. The van der Waals surface area contributed by atoms with Crippen LogP contribution in [0.3, 0.4) is 0 Å². The van der Waals surface area contributed by atoms with Gasteiger partial charge in [-0.05, 0) is 32.9 Å². The molecule has 0 saturated heterocycles. The van der Waals surface area contributed by atoms with Gasteiger partial charge in [-0.15, -0.1) is 0 Å². The van der Waals surface area contributed by atoms with Crippen LogP contribution in [0.4, 0.5) is 11.6 Å². The summed E-state index contributed by atoms with van der Waals surface area (Å²) >= 11 is 0. The van der Waals surface area contributed by atoms with E-state index in [9.17, 15) is 0 Å². The molecule has 5 nitrogen and oxygen atoms in total. The Hall–Kier alpha value is -2.17. The Morgan fingerprint density at radius 1 is 1.16 bits per heavy atom. The molecule has 0 amide bonds. The third-order valence-corrected chi connectivity index (χ3v) is 2.85. The van der Waals surface area contributed by atoms with Crippen molar-refractivity contribution in [3.8, 4) is 0 Å². The van der Waals surface area contributed by atoms with Crippen molar-refractivity contribution < 1.29 is 0 Å². The summed E-state index contributed by atoms with van der Waals surface area (Å²) in [4.78, 5) is 15.2. The van der Waals surface area contributed by atoms with E-state index in [1.807, 2.05) is 32.0 Å². The van der Waals surface area contributed by atoms with Crippen molar-refractivity contribution in [1.29, 1.82) is 0 Å². The van der Waals surface area contributed by atoms with Crippen molar-refractivity contribution >= 4 is 11.6 Å². The molecule has 0 aliphatic rings. The zero-order valence-corrected chi connectivity index (χ0v) is 11.6. The average molecular weight is 257 g/mol.